The molecule has 1 aliphatic heterocycles. The summed E-state index contributed by atoms with van der Waals surface area (Å²) in [6.45, 7) is 3.03. The van der Waals surface area contributed by atoms with Crippen LogP contribution in [0.15, 0.2) is 78.4 Å². The molecule has 29 heavy (non-hydrogen) atoms. The molecule has 1 atom stereocenters. The van der Waals surface area contributed by atoms with Crippen molar-refractivity contribution in [3.63, 3.8) is 0 Å². The molecular weight excluding hydrogens is 356 g/mol. The molecule has 2 aromatic carbocycles. The van der Waals surface area contributed by atoms with Gasteiger partial charge < -0.3 is 10.2 Å². The van der Waals surface area contributed by atoms with Crippen LogP contribution in [-0.2, 0) is 11.2 Å². The first kappa shape index (κ1) is 18.1. The number of nitrogens with zero attached hydrogens (tertiary/aromatic N) is 1. The number of hydrogen-bond donors (Lipinski definition) is 1. The summed E-state index contributed by atoms with van der Waals surface area (Å²) in [7, 11) is 0. The molecule has 0 radical (unpaired) electrons. The second-order valence-electron chi connectivity index (χ2n) is 8.11. The van der Waals surface area contributed by atoms with Gasteiger partial charge in [-0.05, 0) is 47.1 Å². The Bertz CT molecular complexity index is 1020. The fourth-order valence-electron chi connectivity index (χ4n) is 4.75. The van der Waals surface area contributed by atoms with Crippen molar-refractivity contribution in [1.82, 2.24) is 10.2 Å². The van der Waals surface area contributed by atoms with E-state index in [9.17, 15) is 4.79 Å². The molecule has 1 saturated heterocycles. The van der Waals surface area contributed by atoms with Crippen LogP contribution in [-0.4, -0.2) is 36.5 Å². The third kappa shape index (κ3) is 3.58. The maximum Gasteiger partial charge on any atom is 0.252 e. The number of carbonyl (C=O) groups excluding carboxylic acids is 1. The van der Waals surface area contributed by atoms with Crippen LogP contribution in [0, 0.1) is 0 Å². The van der Waals surface area contributed by atoms with Crippen molar-refractivity contribution in [2.24, 2.45) is 0 Å². The molecule has 1 fully saturated rings. The number of likely N-dealkylation sites (tertiary alicyclic amines) is 1. The van der Waals surface area contributed by atoms with Gasteiger partial charge in [-0.25, -0.2) is 0 Å². The first-order valence-corrected chi connectivity index (χ1v) is 10.6. The van der Waals surface area contributed by atoms with E-state index in [1.165, 1.54) is 22.3 Å². The van der Waals surface area contributed by atoms with E-state index in [1.807, 2.05) is 6.07 Å². The minimum absolute atomic E-state index is 0.0843. The summed E-state index contributed by atoms with van der Waals surface area (Å²) in [4.78, 5) is 15.7. The van der Waals surface area contributed by atoms with Gasteiger partial charge in [-0.2, -0.15) is 0 Å². The zero-order valence-corrected chi connectivity index (χ0v) is 16.6. The molecule has 3 aliphatic rings. The predicted molar refractivity (Wildman–Crippen MR) is 118 cm³/mol. The van der Waals surface area contributed by atoms with Crippen LogP contribution in [0.4, 0.5) is 0 Å². The SMILES string of the molecule is O=C(N[C@H]1CCN(CCc2ccccc2)C1)C1=C2CC=CC=C2c2ccccc21. The lowest BCUT2D eigenvalue weighted by Gasteiger charge is -2.18. The van der Waals surface area contributed by atoms with Crippen molar-refractivity contribution in [3.8, 4) is 0 Å². The molecule has 3 nitrogen and oxygen atoms in total. The van der Waals surface area contributed by atoms with Crippen molar-refractivity contribution in [2.75, 3.05) is 19.6 Å². The number of rotatable bonds is 5. The molecule has 2 aliphatic carbocycles. The van der Waals surface area contributed by atoms with Crippen molar-refractivity contribution in [1.29, 1.82) is 0 Å². The number of hydrogen-bond acceptors (Lipinski definition) is 2. The normalized spacial score (nSPS) is 20.4. The van der Waals surface area contributed by atoms with E-state index in [0.29, 0.717) is 0 Å². The predicted octanol–water partition coefficient (Wildman–Crippen LogP) is 4.23. The van der Waals surface area contributed by atoms with Gasteiger partial charge in [-0.1, -0.05) is 72.8 Å². The molecule has 1 heterocycles. The summed E-state index contributed by atoms with van der Waals surface area (Å²) < 4.78 is 0. The number of amides is 1. The van der Waals surface area contributed by atoms with Crippen molar-refractivity contribution < 1.29 is 4.79 Å². The summed E-state index contributed by atoms with van der Waals surface area (Å²) >= 11 is 0. The Labute approximate surface area is 172 Å². The minimum Gasteiger partial charge on any atom is -0.348 e. The fraction of sp³-hybridized carbons (Fsp3) is 0.269. The van der Waals surface area contributed by atoms with E-state index >= 15 is 0 Å². The van der Waals surface area contributed by atoms with E-state index in [2.05, 4.69) is 77.0 Å². The van der Waals surface area contributed by atoms with Crippen LogP contribution in [0.5, 0.6) is 0 Å². The van der Waals surface area contributed by atoms with Crippen LogP contribution < -0.4 is 5.32 Å². The van der Waals surface area contributed by atoms with Crippen molar-refractivity contribution >= 4 is 17.1 Å². The molecule has 3 heteroatoms. The van der Waals surface area contributed by atoms with Gasteiger partial charge in [0, 0.05) is 25.7 Å². The summed E-state index contributed by atoms with van der Waals surface area (Å²) in [6.07, 6.45) is 9.28. The van der Waals surface area contributed by atoms with Gasteiger partial charge in [0.25, 0.3) is 5.91 Å². The molecule has 0 bridgehead atoms. The van der Waals surface area contributed by atoms with Gasteiger partial charge in [0.05, 0.1) is 5.57 Å². The van der Waals surface area contributed by atoms with E-state index in [-0.39, 0.29) is 11.9 Å². The Balaban J connectivity index is 1.25. The highest BCUT2D eigenvalue weighted by molar-refractivity contribution is 6.27. The third-order valence-electron chi connectivity index (χ3n) is 6.23. The Kier molecular flexibility index (Phi) is 4.91. The molecule has 0 unspecified atom stereocenters. The standard InChI is InChI=1S/C26H26N2O/c29-26(25-23-12-6-4-10-21(23)22-11-5-7-13-24(22)25)27-20-15-17-28(18-20)16-14-19-8-2-1-3-9-19/h1-12,20H,13-18H2,(H,27,29)/t20-/m0/s1. The maximum atomic E-state index is 13.3. The van der Waals surface area contributed by atoms with E-state index in [4.69, 9.17) is 0 Å². The second-order valence-corrected chi connectivity index (χ2v) is 8.11. The van der Waals surface area contributed by atoms with Gasteiger partial charge in [-0.15, -0.1) is 0 Å². The first-order chi connectivity index (χ1) is 14.3. The van der Waals surface area contributed by atoms with Crippen LogP contribution in [0.2, 0.25) is 0 Å². The lowest BCUT2D eigenvalue weighted by atomic mass is 9.96. The van der Waals surface area contributed by atoms with Crippen molar-refractivity contribution in [2.45, 2.75) is 25.3 Å². The highest BCUT2D eigenvalue weighted by atomic mass is 16.1. The Morgan fingerprint density at radius 2 is 1.83 bits per heavy atom. The summed E-state index contributed by atoms with van der Waals surface area (Å²) in [6, 6.07) is 19.1. The average molecular weight is 383 g/mol. The highest BCUT2D eigenvalue weighted by Crippen LogP contribution is 2.44. The average Bonchev–Trinajstić information content (AvgIpc) is 3.35. The lowest BCUT2D eigenvalue weighted by Crippen LogP contribution is -2.38. The van der Waals surface area contributed by atoms with Crippen LogP contribution in [0.3, 0.4) is 0 Å². The van der Waals surface area contributed by atoms with Crippen LogP contribution >= 0.6 is 0 Å². The smallest absolute Gasteiger partial charge is 0.252 e. The molecule has 1 N–H and O–H groups in total. The lowest BCUT2D eigenvalue weighted by molar-refractivity contribution is -0.116. The summed E-state index contributed by atoms with van der Waals surface area (Å²) in [5.74, 6) is 0.0843. The Morgan fingerprint density at radius 1 is 1.03 bits per heavy atom. The molecule has 2 aromatic rings. The zero-order chi connectivity index (χ0) is 19.6. The third-order valence-corrected chi connectivity index (χ3v) is 6.23. The second kappa shape index (κ2) is 7.84. The molecule has 0 aromatic heterocycles. The van der Waals surface area contributed by atoms with Crippen LogP contribution in [0.25, 0.3) is 11.1 Å². The molecule has 0 spiro atoms. The van der Waals surface area contributed by atoms with Gasteiger partial charge >= 0.3 is 0 Å². The van der Waals surface area contributed by atoms with Gasteiger partial charge in [0.2, 0.25) is 0 Å². The van der Waals surface area contributed by atoms with Crippen molar-refractivity contribution in [3.05, 3.63) is 95.1 Å². The topological polar surface area (TPSA) is 32.3 Å². The highest BCUT2D eigenvalue weighted by Gasteiger charge is 2.32. The Morgan fingerprint density at radius 3 is 2.69 bits per heavy atom. The number of fused-ring (bicyclic) bond motifs is 3. The van der Waals surface area contributed by atoms with E-state index in [1.54, 1.807) is 0 Å². The van der Waals surface area contributed by atoms with Gasteiger partial charge in [0.1, 0.15) is 0 Å². The fourth-order valence-corrected chi connectivity index (χ4v) is 4.75. The number of allylic oxidation sites excluding steroid dienone is 5. The van der Waals surface area contributed by atoms with E-state index in [0.717, 1.165) is 50.0 Å². The summed E-state index contributed by atoms with van der Waals surface area (Å²) in [5.41, 5.74) is 6.90. The van der Waals surface area contributed by atoms with Gasteiger partial charge in [0.15, 0.2) is 0 Å². The molecule has 0 saturated carbocycles. The van der Waals surface area contributed by atoms with E-state index < -0.39 is 0 Å². The quantitative estimate of drug-likeness (QED) is 0.839. The number of carbonyl (C=O) groups is 1. The summed E-state index contributed by atoms with van der Waals surface area (Å²) in [5, 5.41) is 3.33. The largest absolute Gasteiger partial charge is 0.348 e. The van der Waals surface area contributed by atoms with Gasteiger partial charge in [-0.3, -0.25) is 4.79 Å². The first-order valence-electron chi connectivity index (χ1n) is 10.6. The molecular formula is C26H26N2O. The maximum absolute atomic E-state index is 13.3. The number of benzene rings is 2. The molecule has 1 amide bonds. The monoisotopic (exact) mass is 382 g/mol. The van der Waals surface area contributed by atoms with Crippen LogP contribution in [0.1, 0.15) is 29.5 Å². The Hall–Kier alpha value is -2.91. The minimum atomic E-state index is 0.0843. The number of nitrogens with one attached hydrogen (secondary N) is 1. The molecule has 146 valence electrons. The zero-order valence-electron chi connectivity index (χ0n) is 16.6. The molecule has 5 rings (SSSR count).